The number of carbonyl (C=O) groups is 2. The maximum atomic E-state index is 12.2. The number of rotatable bonds is 3. The van der Waals surface area contributed by atoms with Crippen molar-refractivity contribution >= 4 is 23.2 Å². The van der Waals surface area contributed by atoms with Gasteiger partial charge in [-0.15, -0.1) is 0 Å². The lowest BCUT2D eigenvalue weighted by atomic mass is 10.1. The summed E-state index contributed by atoms with van der Waals surface area (Å²) in [6.45, 7) is 3.78. The zero-order chi connectivity index (χ0) is 13.8. The van der Waals surface area contributed by atoms with Gasteiger partial charge in [-0.2, -0.15) is 0 Å². The number of carbonyl (C=O) groups excluding carboxylic acids is 2. The Kier molecular flexibility index (Phi) is 4.04. The predicted octanol–water partition coefficient (Wildman–Crippen LogP) is 0.996. The summed E-state index contributed by atoms with van der Waals surface area (Å²) in [6.07, 6.45) is -0.0914. The van der Waals surface area contributed by atoms with E-state index in [4.69, 9.17) is 0 Å². The summed E-state index contributed by atoms with van der Waals surface area (Å²) < 4.78 is 0. The van der Waals surface area contributed by atoms with Gasteiger partial charge >= 0.3 is 0 Å². The van der Waals surface area contributed by atoms with Crippen molar-refractivity contribution in [3.8, 4) is 0 Å². The molecular weight excluding hydrogens is 242 g/mol. The first-order chi connectivity index (χ1) is 9.13. The zero-order valence-corrected chi connectivity index (χ0v) is 11.3. The van der Waals surface area contributed by atoms with Crippen LogP contribution in [-0.4, -0.2) is 38.5 Å². The molecule has 2 rings (SSSR count). The van der Waals surface area contributed by atoms with E-state index in [0.717, 1.165) is 17.9 Å². The molecule has 1 aromatic carbocycles. The topological polar surface area (TPSA) is 52.7 Å². The number of nitrogens with one attached hydrogen (secondary N) is 1. The van der Waals surface area contributed by atoms with Crippen molar-refractivity contribution in [2.75, 3.05) is 36.5 Å². The van der Waals surface area contributed by atoms with Crippen LogP contribution >= 0.6 is 0 Å². The Hall–Kier alpha value is -2.04. The summed E-state index contributed by atoms with van der Waals surface area (Å²) in [5, 5.41) is 2.65. The number of para-hydroxylation sites is 2. The number of anilines is 2. The average Bonchev–Trinajstić information content (AvgIpc) is 2.39. The minimum absolute atomic E-state index is 0.0914. The molecule has 0 saturated carbocycles. The van der Waals surface area contributed by atoms with Crippen LogP contribution in [0.4, 0.5) is 11.4 Å². The van der Waals surface area contributed by atoms with E-state index in [9.17, 15) is 9.59 Å². The molecule has 5 heteroatoms. The number of hydrogen-bond donors (Lipinski definition) is 1. The summed E-state index contributed by atoms with van der Waals surface area (Å²) in [4.78, 5) is 27.5. The highest BCUT2D eigenvalue weighted by molar-refractivity contribution is 6.06. The minimum Gasteiger partial charge on any atom is -0.371 e. The van der Waals surface area contributed by atoms with Gasteiger partial charge in [0.1, 0.15) is 6.42 Å². The Labute approximate surface area is 113 Å². The SMILES string of the molecule is CCNC(=O)CC(=O)N1CCN(C)c2ccccc21. The van der Waals surface area contributed by atoms with E-state index in [1.54, 1.807) is 4.90 Å². The van der Waals surface area contributed by atoms with E-state index in [2.05, 4.69) is 10.2 Å². The second kappa shape index (κ2) is 5.73. The lowest BCUT2D eigenvalue weighted by molar-refractivity contribution is -0.127. The van der Waals surface area contributed by atoms with Crippen LogP contribution in [0.25, 0.3) is 0 Å². The van der Waals surface area contributed by atoms with E-state index in [-0.39, 0.29) is 18.2 Å². The molecule has 0 aliphatic carbocycles. The maximum absolute atomic E-state index is 12.2. The molecule has 0 radical (unpaired) electrons. The van der Waals surface area contributed by atoms with E-state index >= 15 is 0 Å². The van der Waals surface area contributed by atoms with Crippen LogP contribution in [0.1, 0.15) is 13.3 Å². The second-order valence-corrected chi connectivity index (χ2v) is 4.59. The molecule has 19 heavy (non-hydrogen) atoms. The van der Waals surface area contributed by atoms with Gasteiger partial charge in [0.2, 0.25) is 11.8 Å². The smallest absolute Gasteiger partial charge is 0.236 e. The van der Waals surface area contributed by atoms with Gasteiger partial charge < -0.3 is 15.1 Å². The molecule has 2 amide bonds. The Morgan fingerprint density at radius 3 is 2.58 bits per heavy atom. The van der Waals surface area contributed by atoms with Gasteiger partial charge in [0.25, 0.3) is 0 Å². The highest BCUT2D eigenvalue weighted by atomic mass is 16.2. The quantitative estimate of drug-likeness (QED) is 0.826. The van der Waals surface area contributed by atoms with Gasteiger partial charge in [0.15, 0.2) is 0 Å². The van der Waals surface area contributed by atoms with E-state index in [1.165, 1.54) is 0 Å². The molecule has 1 heterocycles. The fourth-order valence-electron chi connectivity index (χ4n) is 2.26. The molecular formula is C14H19N3O2. The second-order valence-electron chi connectivity index (χ2n) is 4.59. The van der Waals surface area contributed by atoms with E-state index in [1.807, 2.05) is 38.2 Å². The molecule has 0 fully saturated rings. The minimum atomic E-state index is -0.219. The van der Waals surface area contributed by atoms with Crippen molar-refractivity contribution in [2.45, 2.75) is 13.3 Å². The number of likely N-dealkylation sites (N-methyl/N-ethyl adjacent to an activating group) is 1. The van der Waals surface area contributed by atoms with Crippen LogP contribution in [0, 0.1) is 0 Å². The van der Waals surface area contributed by atoms with Crippen LogP contribution in [0.3, 0.4) is 0 Å². The Morgan fingerprint density at radius 2 is 1.89 bits per heavy atom. The predicted molar refractivity (Wildman–Crippen MR) is 75.4 cm³/mol. The van der Waals surface area contributed by atoms with Gasteiger partial charge in [-0.3, -0.25) is 9.59 Å². The lowest BCUT2D eigenvalue weighted by Crippen LogP contribution is -2.44. The summed E-state index contributed by atoms with van der Waals surface area (Å²) >= 11 is 0. The van der Waals surface area contributed by atoms with Crippen LogP contribution in [0.15, 0.2) is 24.3 Å². The molecule has 0 saturated heterocycles. The fourth-order valence-corrected chi connectivity index (χ4v) is 2.26. The number of fused-ring (bicyclic) bond motifs is 1. The molecule has 5 nitrogen and oxygen atoms in total. The Balaban J connectivity index is 2.16. The highest BCUT2D eigenvalue weighted by Crippen LogP contribution is 2.31. The van der Waals surface area contributed by atoms with Crippen LogP contribution in [0.5, 0.6) is 0 Å². The van der Waals surface area contributed by atoms with Crippen LogP contribution < -0.4 is 15.1 Å². The van der Waals surface area contributed by atoms with Crippen molar-refractivity contribution < 1.29 is 9.59 Å². The third-order valence-corrected chi connectivity index (χ3v) is 3.23. The van der Waals surface area contributed by atoms with E-state index in [0.29, 0.717) is 13.1 Å². The van der Waals surface area contributed by atoms with Crippen molar-refractivity contribution in [3.63, 3.8) is 0 Å². The van der Waals surface area contributed by atoms with Crippen LogP contribution in [0.2, 0.25) is 0 Å². The monoisotopic (exact) mass is 261 g/mol. The van der Waals surface area contributed by atoms with Gasteiger partial charge in [-0.25, -0.2) is 0 Å². The molecule has 1 N–H and O–H groups in total. The highest BCUT2D eigenvalue weighted by Gasteiger charge is 2.25. The molecule has 0 spiro atoms. The number of hydrogen-bond acceptors (Lipinski definition) is 3. The molecule has 1 aliphatic heterocycles. The third-order valence-electron chi connectivity index (χ3n) is 3.23. The Bertz CT molecular complexity index is 487. The Morgan fingerprint density at radius 1 is 1.21 bits per heavy atom. The fraction of sp³-hybridized carbons (Fsp3) is 0.429. The number of amides is 2. The van der Waals surface area contributed by atoms with Crippen molar-refractivity contribution in [1.29, 1.82) is 0 Å². The summed E-state index contributed by atoms with van der Waals surface area (Å²) in [7, 11) is 2.00. The maximum Gasteiger partial charge on any atom is 0.236 e. The summed E-state index contributed by atoms with van der Waals surface area (Å²) in [5.74, 6) is -0.365. The summed E-state index contributed by atoms with van der Waals surface area (Å²) in [5.41, 5.74) is 1.91. The standard InChI is InChI=1S/C14H19N3O2/c1-3-15-13(18)10-14(19)17-9-8-16(2)11-6-4-5-7-12(11)17/h4-7H,3,8-10H2,1-2H3,(H,15,18). The number of benzene rings is 1. The molecule has 0 aromatic heterocycles. The molecule has 0 bridgehead atoms. The van der Waals surface area contributed by atoms with Gasteiger partial charge in [0, 0.05) is 26.7 Å². The van der Waals surface area contributed by atoms with Gasteiger partial charge in [0.05, 0.1) is 11.4 Å². The van der Waals surface area contributed by atoms with Crippen LogP contribution in [-0.2, 0) is 9.59 Å². The van der Waals surface area contributed by atoms with Gasteiger partial charge in [-0.1, -0.05) is 12.1 Å². The first-order valence-electron chi connectivity index (χ1n) is 6.50. The van der Waals surface area contributed by atoms with Crippen molar-refractivity contribution in [2.24, 2.45) is 0 Å². The van der Waals surface area contributed by atoms with E-state index < -0.39 is 0 Å². The van der Waals surface area contributed by atoms with Gasteiger partial charge in [-0.05, 0) is 19.1 Å². The first-order valence-corrected chi connectivity index (χ1v) is 6.50. The van der Waals surface area contributed by atoms with Crippen molar-refractivity contribution in [1.82, 2.24) is 5.32 Å². The van der Waals surface area contributed by atoms with Crippen molar-refractivity contribution in [3.05, 3.63) is 24.3 Å². The molecule has 102 valence electrons. The average molecular weight is 261 g/mol. The third kappa shape index (κ3) is 2.86. The molecule has 0 unspecified atom stereocenters. The molecule has 1 aromatic rings. The zero-order valence-electron chi connectivity index (χ0n) is 11.3. The number of nitrogens with zero attached hydrogens (tertiary/aromatic N) is 2. The summed E-state index contributed by atoms with van der Waals surface area (Å²) in [6, 6.07) is 7.76. The molecule has 0 atom stereocenters. The first kappa shape index (κ1) is 13.4. The lowest BCUT2D eigenvalue weighted by Gasteiger charge is -2.35. The normalized spacial score (nSPS) is 14.0. The largest absolute Gasteiger partial charge is 0.371 e. The molecule has 1 aliphatic rings.